The molecular formula is C12H10ClNO2. The lowest BCUT2D eigenvalue weighted by molar-refractivity contribution is 0.0963. The Hall–Kier alpha value is -1.74. The zero-order chi connectivity index (χ0) is 11.5. The summed E-state index contributed by atoms with van der Waals surface area (Å²) in [7, 11) is 1.58. The molecule has 1 N–H and O–H groups in total. The van der Waals surface area contributed by atoms with Crippen LogP contribution in [0.5, 0.6) is 0 Å². The van der Waals surface area contributed by atoms with Crippen LogP contribution in [0.15, 0.2) is 41.0 Å². The molecule has 0 atom stereocenters. The minimum absolute atomic E-state index is 0.186. The second-order valence-corrected chi connectivity index (χ2v) is 3.68. The van der Waals surface area contributed by atoms with Crippen molar-refractivity contribution in [3.05, 3.63) is 47.2 Å². The normalized spacial score (nSPS) is 10.1. The number of benzene rings is 1. The Morgan fingerprint density at radius 1 is 1.38 bits per heavy atom. The first kappa shape index (κ1) is 10.8. The maximum Gasteiger partial charge on any atom is 0.251 e. The Labute approximate surface area is 98.0 Å². The van der Waals surface area contributed by atoms with Crippen molar-refractivity contribution in [2.75, 3.05) is 7.05 Å². The van der Waals surface area contributed by atoms with Crippen LogP contribution in [-0.4, -0.2) is 13.0 Å². The number of hydrogen-bond donors (Lipinski definition) is 1. The van der Waals surface area contributed by atoms with Crippen molar-refractivity contribution >= 4 is 17.5 Å². The second kappa shape index (κ2) is 4.41. The number of carbonyl (C=O) groups excluding carboxylic acids is 1. The molecule has 0 saturated heterocycles. The third-order valence-corrected chi connectivity index (χ3v) is 2.48. The van der Waals surface area contributed by atoms with Crippen LogP contribution >= 0.6 is 11.6 Å². The molecule has 4 heteroatoms. The van der Waals surface area contributed by atoms with Crippen molar-refractivity contribution in [3.63, 3.8) is 0 Å². The van der Waals surface area contributed by atoms with Crippen LogP contribution in [0.4, 0.5) is 0 Å². The van der Waals surface area contributed by atoms with Gasteiger partial charge >= 0.3 is 0 Å². The van der Waals surface area contributed by atoms with Crippen molar-refractivity contribution in [2.24, 2.45) is 0 Å². The lowest BCUT2D eigenvalue weighted by Crippen LogP contribution is -2.18. The van der Waals surface area contributed by atoms with Crippen molar-refractivity contribution in [1.82, 2.24) is 5.32 Å². The summed E-state index contributed by atoms with van der Waals surface area (Å²) in [5.74, 6) is 0.462. The first-order valence-electron chi connectivity index (χ1n) is 4.78. The molecule has 16 heavy (non-hydrogen) atoms. The molecule has 1 aromatic carbocycles. The maximum atomic E-state index is 11.7. The van der Waals surface area contributed by atoms with Gasteiger partial charge in [-0.1, -0.05) is 11.6 Å². The number of carbonyl (C=O) groups is 1. The smallest absolute Gasteiger partial charge is 0.251 e. The Morgan fingerprint density at radius 2 is 2.19 bits per heavy atom. The predicted molar refractivity (Wildman–Crippen MR) is 62.5 cm³/mol. The Bertz CT molecular complexity index is 506. The van der Waals surface area contributed by atoms with Crippen molar-refractivity contribution in [3.8, 4) is 11.3 Å². The summed E-state index contributed by atoms with van der Waals surface area (Å²) in [6, 6.07) is 8.70. The van der Waals surface area contributed by atoms with E-state index in [1.165, 1.54) is 0 Å². The van der Waals surface area contributed by atoms with Gasteiger partial charge in [0, 0.05) is 17.6 Å². The van der Waals surface area contributed by atoms with Crippen LogP contribution in [0.3, 0.4) is 0 Å². The molecular weight excluding hydrogens is 226 g/mol. The summed E-state index contributed by atoms with van der Waals surface area (Å²) in [6.07, 6.45) is 1.57. The highest BCUT2D eigenvalue weighted by Crippen LogP contribution is 2.26. The Balaban J connectivity index is 2.57. The first-order valence-corrected chi connectivity index (χ1v) is 5.15. The molecule has 82 valence electrons. The molecule has 2 aromatic rings. The SMILES string of the molecule is CNC(=O)c1cc(Cl)ccc1-c1ccco1. The molecule has 0 radical (unpaired) electrons. The molecule has 0 bridgehead atoms. The molecule has 0 aliphatic rings. The van der Waals surface area contributed by atoms with Gasteiger partial charge in [0.2, 0.25) is 0 Å². The maximum absolute atomic E-state index is 11.7. The summed E-state index contributed by atoms with van der Waals surface area (Å²) < 4.78 is 5.27. The lowest BCUT2D eigenvalue weighted by Gasteiger charge is -2.06. The highest BCUT2D eigenvalue weighted by Gasteiger charge is 2.13. The van der Waals surface area contributed by atoms with Gasteiger partial charge < -0.3 is 9.73 Å². The van der Waals surface area contributed by atoms with E-state index in [9.17, 15) is 4.79 Å². The number of rotatable bonds is 2. The average Bonchev–Trinajstić information content (AvgIpc) is 2.81. The molecule has 0 saturated carbocycles. The van der Waals surface area contributed by atoms with E-state index in [2.05, 4.69) is 5.32 Å². The van der Waals surface area contributed by atoms with Gasteiger partial charge in [0.25, 0.3) is 5.91 Å². The van der Waals surface area contributed by atoms with Gasteiger partial charge in [0.15, 0.2) is 0 Å². The average molecular weight is 236 g/mol. The van der Waals surface area contributed by atoms with E-state index in [1.54, 1.807) is 43.6 Å². The monoisotopic (exact) mass is 235 g/mol. The van der Waals surface area contributed by atoms with Crippen LogP contribution in [-0.2, 0) is 0 Å². The fourth-order valence-electron chi connectivity index (χ4n) is 1.49. The van der Waals surface area contributed by atoms with Gasteiger partial charge in [-0.25, -0.2) is 0 Å². The summed E-state index contributed by atoms with van der Waals surface area (Å²) in [5, 5.41) is 3.09. The van der Waals surface area contributed by atoms with Crippen molar-refractivity contribution in [2.45, 2.75) is 0 Å². The van der Waals surface area contributed by atoms with Crippen LogP contribution in [0.1, 0.15) is 10.4 Å². The summed E-state index contributed by atoms with van der Waals surface area (Å²) in [4.78, 5) is 11.7. The molecule has 0 aliphatic heterocycles. The number of furan rings is 1. The molecule has 1 amide bonds. The van der Waals surface area contributed by atoms with E-state index in [4.69, 9.17) is 16.0 Å². The number of hydrogen-bond acceptors (Lipinski definition) is 2. The second-order valence-electron chi connectivity index (χ2n) is 3.25. The molecule has 2 rings (SSSR count). The fraction of sp³-hybridized carbons (Fsp3) is 0.0833. The van der Waals surface area contributed by atoms with Crippen LogP contribution in [0.2, 0.25) is 5.02 Å². The summed E-state index contributed by atoms with van der Waals surface area (Å²) in [5.41, 5.74) is 1.23. The fourth-order valence-corrected chi connectivity index (χ4v) is 1.66. The molecule has 1 heterocycles. The van der Waals surface area contributed by atoms with Gasteiger partial charge in [0.1, 0.15) is 5.76 Å². The first-order chi connectivity index (χ1) is 7.72. The molecule has 0 fully saturated rings. The highest BCUT2D eigenvalue weighted by molar-refractivity contribution is 6.31. The molecule has 1 aromatic heterocycles. The summed E-state index contributed by atoms with van der Waals surface area (Å²) >= 11 is 5.87. The van der Waals surface area contributed by atoms with Gasteiger partial charge in [-0.05, 0) is 30.3 Å². The van der Waals surface area contributed by atoms with Gasteiger partial charge in [-0.15, -0.1) is 0 Å². The highest BCUT2D eigenvalue weighted by atomic mass is 35.5. The molecule has 0 unspecified atom stereocenters. The molecule has 0 aliphatic carbocycles. The number of nitrogens with one attached hydrogen (secondary N) is 1. The van der Waals surface area contributed by atoms with E-state index in [0.29, 0.717) is 16.3 Å². The van der Waals surface area contributed by atoms with E-state index in [-0.39, 0.29) is 5.91 Å². The minimum atomic E-state index is -0.186. The molecule has 0 spiro atoms. The zero-order valence-corrected chi connectivity index (χ0v) is 9.41. The van der Waals surface area contributed by atoms with Crippen LogP contribution in [0, 0.1) is 0 Å². The van der Waals surface area contributed by atoms with Crippen molar-refractivity contribution < 1.29 is 9.21 Å². The third-order valence-electron chi connectivity index (χ3n) is 2.24. The van der Waals surface area contributed by atoms with Gasteiger partial charge in [-0.2, -0.15) is 0 Å². The van der Waals surface area contributed by atoms with Gasteiger partial charge in [0.05, 0.1) is 11.8 Å². The standard InChI is InChI=1S/C12H10ClNO2/c1-14-12(15)10-7-8(13)4-5-9(10)11-3-2-6-16-11/h2-7H,1H3,(H,14,15). The Morgan fingerprint density at radius 3 is 2.81 bits per heavy atom. The Kier molecular flexibility index (Phi) is 2.97. The predicted octanol–water partition coefficient (Wildman–Crippen LogP) is 2.96. The van der Waals surface area contributed by atoms with E-state index >= 15 is 0 Å². The minimum Gasteiger partial charge on any atom is -0.464 e. The van der Waals surface area contributed by atoms with E-state index in [0.717, 1.165) is 5.56 Å². The number of amides is 1. The van der Waals surface area contributed by atoms with E-state index < -0.39 is 0 Å². The topological polar surface area (TPSA) is 42.2 Å². The van der Waals surface area contributed by atoms with Gasteiger partial charge in [-0.3, -0.25) is 4.79 Å². The third kappa shape index (κ3) is 1.95. The lowest BCUT2D eigenvalue weighted by atomic mass is 10.0. The molecule has 3 nitrogen and oxygen atoms in total. The summed E-state index contributed by atoms with van der Waals surface area (Å²) in [6.45, 7) is 0. The largest absolute Gasteiger partial charge is 0.464 e. The number of halogens is 1. The zero-order valence-electron chi connectivity index (χ0n) is 8.66. The van der Waals surface area contributed by atoms with Crippen molar-refractivity contribution in [1.29, 1.82) is 0 Å². The quantitative estimate of drug-likeness (QED) is 0.870. The van der Waals surface area contributed by atoms with Crippen LogP contribution < -0.4 is 5.32 Å². The van der Waals surface area contributed by atoms with E-state index in [1.807, 2.05) is 0 Å². The van der Waals surface area contributed by atoms with Crippen LogP contribution in [0.25, 0.3) is 11.3 Å².